The molecule has 3 rings (SSSR count). The van der Waals surface area contributed by atoms with Crippen LogP contribution in [0.25, 0.3) is 5.69 Å². The zero-order valence-corrected chi connectivity index (χ0v) is 18.6. The lowest BCUT2D eigenvalue weighted by Gasteiger charge is -2.21. The Bertz CT molecular complexity index is 1260. The molecular formula is C22H23FN2O6S. The van der Waals surface area contributed by atoms with Crippen molar-refractivity contribution in [1.82, 2.24) is 9.55 Å². The number of benzene rings is 2. The summed E-state index contributed by atoms with van der Waals surface area (Å²) in [6.45, 7) is 1.94. The number of aromatic nitrogens is 2. The number of hydrogen-bond donors (Lipinski definition) is 1. The number of sulfone groups is 1. The topological polar surface area (TPSA) is 108 Å². The van der Waals surface area contributed by atoms with E-state index in [1.165, 1.54) is 14.2 Å². The minimum Gasteiger partial charge on any atom is -0.494 e. The fourth-order valence-corrected chi connectivity index (χ4v) is 4.63. The fraction of sp³-hybridized carbons (Fsp3) is 0.273. The Balaban J connectivity index is 2.40. The standard InChI is InChI=1S/C22H23FN2O6S/c1-4-5-9-18-24-21(26)20(32(28,29)15-12-10-14(23)11-13-15)22(27)25(18)19-16(30-2)7-6-8-17(19)31-3/h6-8,10-13,27H,4-5,9H2,1-3H3. The number of para-hydroxylation sites is 1. The highest BCUT2D eigenvalue weighted by Gasteiger charge is 2.31. The van der Waals surface area contributed by atoms with E-state index in [0.29, 0.717) is 6.42 Å². The summed E-state index contributed by atoms with van der Waals surface area (Å²) < 4.78 is 51.7. The number of rotatable bonds is 8. The van der Waals surface area contributed by atoms with Gasteiger partial charge in [-0.15, -0.1) is 0 Å². The van der Waals surface area contributed by atoms with Gasteiger partial charge in [-0.25, -0.2) is 12.8 Å². The van der Waals surface area contributed by atoms with E-state index in [1.54, 1.807) is 18.2 Å². The van der Waals surface area contributed by atoms with Gasteiger partial charge in [-0.05, 0) is 42.8 Å². The summed E-state index contributed by atoms with van der Waals surface area (Å²) in [5.41, 5.74) is -0.910. The van der Waals surface area contributed by atoms with Gasteiger partial charge in [0.15, 0.2) is 4.90 Å². The number of methoxy groups -OCH3 is 2. The molecule has 0 aliphatic carbocycles. The first-order chi connectivity index (χ1) is 15.3. The van der Waals surface area contributed by atoms with Crippen LogP contribution in [0.4, 0.5) is 4.39 Å². The number of halogens is 1. The molecule has 1 aromatic heterocycles. The molecule has 0 saturated heterocycles. The Morgan fingerprint density at radius 1 is 1.06 bits per heavy atom. The van der Waals surface area contributed by atoms with Gasteiger partial charge in [-0.3, -0.25) is 9.36 Å². The Kier molecular flexibility index (Phi) is 6.83. The molecule has 1 N–H and O–H groups in total. The van der Waals surface area contributed by atoms with Crippen LogP contribution in [0.2, 0.25) is 0 Å². The van der Waals surface area contributed by atoms with E-state index in [-0.39, 0.29) is 34.3 Å². The molecular weight excluding hydrogens is 439 g/mol. The third-order valence-electron chi connectivity index (χ3n) is 4.87. The lowest BCUT2D eigenvalue weighted by Crippen LogP contribution is -2.25. The normalized spacial score (nSPS) is 11.4. The van der Waals surface area contributed by atoms with E-state index < -0.39 is 32.0 Å². The van der Waals surface area contributed by atoms with Crippen molar-refractivity contribution in [1.29, 1.82) is 0 Å². The molecule has 0 unspecified atom stereocenters. The molecule has 0 saturated carbocycles. The maximum Gasteiger partial charge on any atom is 0.296 e. The summed E-state index contributed by atoms with van der Waals surface area (Å²) in [5.74, 6) is -0.781. The number of aryl methyl sites for hydroxylation is 1. The molecule has 0 aliphatic heterocycles. The van der Waals surface area contributed by atoms with E-state index >= 15 is 0 Å². The summed E-state index contributed by atoms with van der Waals surface area (Å²) in [4.78, 5) is 15.5. The molecule has 1 heterocycles. The van der Waals surface area contributed by atoms with Crippen molar-refractivity contribution in [2.24, 2.45) is 0 Å². The predicted octanol–water partition coefficient (Wildman–Crippen LogP) is 3.27. The summed E-state index contributed by atoms with van der Waals surface area (Å²) >= 11 is 0. The van der Waals surface area contributed by atoms with Crippen molar-refractivity contribution in [2.45, 2.75) is 36.0 Å². The minimum atomic E-state index is -4.52. The molecule has 0 bridgehead atoms. The van der Waals surface area contributed by atoms with Gasteiger partial charge in [0.2, 0.25) is 15.7 Å². The Hall–Kier alpha value is -3.40. The molecule has 0 amide bonds. The van der Waals surface area contributed by atoms with Gasteiger partial charge in [-0.2, -0.15) is 4.98 Å². The van der Waals surface area contributed by atoms with E-state index in [0.717, 1.165) is 35.3 Å². The van der Waals surface area contributed by atoms with Crippen LogP contribution in [0.15, 0.2) is 57.1 Å². The number of nitrogens with zero attached hydrogens (tertiary/aromatic N) is 2. The highest BCUT2D eigenvalue weighted by Crippen LogP contribution is 2.38. The Morgan fingerprint density at radius 2 is 1.66 bits per heavy atom. The zero-order chi connectivity index (χ0) is 23.5. The van der Waals surface area contributed by atoms with Crippen molar-refractivity contribution in [2.75, 3.05) is 14.2 Å². The van der Waals surface area contributed by atoms with Crippen LogP contribution in [0, 0.1) is 5.82 Å². The number of aromatic hydroxyl groups is 1. The van der Waals surface area contributed by atoms with E-state index in [2.05, 4.69) is 4.98 Å². The lowest BCUT2D eigenvalue weighted by atomic mass is 10.2. The molecule has 0 aliphatic rings. The van der Waals surface area contributed by atoms with Crippen molar-refractivity contribution in [3.05, 3.63) is 64.5 Å². The van der Waals surface area contributed by atoms with Crippen LogP contribution in [-0.4, -0.2) is 37.3 Å². The third-order valence-corrected chi connectivity index (χ3v) is 6.66. The SMILES string of the molecule is CCCCc1nc(=O)c(S(=O)(=O)c2ccc(F)cc2)c(O)n1-c1c(OC)cccc1OC. The first-order valence-electron chi connectivity index (χ1n) is 9.83. The molecule has 0 fully saturated rings. The molecule has 32 heavy (non-hydrogen) atoms. The molecule has 8 nitrogen and oxygen atoms in total. The van der Waals surface area contributed by atoms with Crippen molar-refractivity contribution in [3.63, 3.8) is 0 Å². The van der Waals surface area contributed by atoms with E-state index in [9.17, 15) is 22.7 Å². The lowest BCUT2D eigenvalue weighted by molar-refractivity contribution is 0.374. The van der Waals surface area contributed by atoms with Crippen LogP contribution < -0.4 is 15.0 Å². The quantitative estimate of drug-likeness (QED) is 0.512. The van der Waals surface area contributed by atoms with Gasteiger partial charge < -0.3 is 14.6 Å². The van der Waals surface area contributed by atoms with Gasteiger partial charge in [0.05, 0.1) is 19.1 Å². The highest BCUT2D eigenvalue weighted by molar-refractivity contribution is 7.91. The molecule has 170 valence electrons. The predicted molar refractivity (Wildman–Crippen MR) is 115 cm³/mol. The van der Waals surface area contributed by atoms with Gasteiger partial charge >= 0.3 is 0 Å². The van der Waals surface area contributed by atoms with Crippen molar-refractivity contribution in [3.8, 4) is 23.1 Å². The maximum atomic E-state index is 13.3. The molecule has 2 aromatic carbocycles. The minimum absolute atomic E-state index is 0.148. The van der Waals surface area contributed by atoms with Crippen LogP contribution in [0.1, 0.15) is 25.6 Å². The van der Waals surface area contributed by atoms with E-state index in [1.807, 2.05) is 6.92 Å². The maximum absolute atomic E-state index is 13.3. The summed E-state index contributed by atoms with van der Waals surface area (Å²) in [6, 6.07) is 8.81. The third kappa shape index (κ3) is 4.18. The van der Waals surface area contributed by atoms with Crippen molar-refractivity contribution >= 4 is 9.84 Å². The summed E-state index contributed by atoms with van der Waals surface area (Å²) in [5, 5.41) is 11.2. The average molecular weight is 462 g/mol. The highest BCUT2D eigenvalue weighted by atomic mass is 32.2. The number of unbranched alkanes of at least 4 members (excludes halogenated alkanes) is 1. The fourth-order valence-electron chi connectivity index (χ4n) is 3.29. The smallest absolute Gasteiger partial charge is 0.296 e. The second-order valence-corrected chi connectivity index (χ2v) is 8.78. The Morgan fingerprint density at radius 3 is 2.19 bits per heavy atom. The first-order valence-corrected chi connectivity index (χ1v) is 11.3. The first kappa shape index (κ1) is 23.3. The zero-order valence-electron chi connectivity index (χ0n) is 17.8. The van der Waals surface area contributed by atoms with Crippen molar-refractivity contribution < 1.29 is 27.4 Å². The van der Waals surface area contributed by atoms with Gasteiger partial charge in [0.1, 0.15) is 28.8 Å². The van der Waals surface area contributed by atoms with Crippen LogP contribution in [0.5, 0.6) is 17.4 Å². The van der Waals surface area contributed by atoms with E-state index in [4.69, 9.17) is 9.47 Å². The average Bonchev–Trinajstić information content (AvgIpc) is 2.77. The van der Waals surface area contributed by atoms with Gasteiger partial charge in [-0.1, -0.05) is 19.4 Å². The van der Waals surface area contributed by atoms with Crippen LogP contribution in [0.3, 0.4) is 0 Å². The summed E-state index contributed by atoms with van der Waals surface area (Å²) in [6.07, 6.45) is 1.69. The monoisotopic (exact) mass is 462 g/mol. The molecule has 0 atom stereocenters. The molecule has 10 heteroatoms. The second-order valence-electron chi connectivity index (χ2n) is 6.89. The second kappa shape index (κ2) is 9.39. The number of hydrogen-bond acceptors (Lipinski definition) is 7. The van der Waals surface area contributed by atoms with Gasteiger partial charge in [0, 0.05) is 6.42 Å². The molecule has 0 radical (unpaired) electrons. The largest absolute Gasteiger partial charge is 0.494 e. The molecule has 3 aromatic rings. The summed E-state index contributed by atoms with van der Waals surface area (Å²) in [7, 11) is -1.70. The molecule has 0 spiro atoms. The number of ether oxygens (including phenoxy) is 2. The van der Waals surface area contributed by atoms with Crippen LogP contribution in [-0.2, 0) is 16.3 Å². The Labute approximate surface area is 184 Å². The van der Waals surface area contributed by atoms with Crippen LogP contribution >= 0.6 is 0 Å². The van der Waals surface area contributed by atoms with Gasteiger partial charge in [0.25, 0.3) is 5.56 Å².